The van der Waals surface area contributed by atoms with Crippen LogP contribution in [0.1, 0.15) is 39.2 Å². The Hall–Kier alpha value is -0.410. The van der Waals surface area contributed by atoms with Crippen molar-refractivity contribution >= 4 is 15.9 Å². The summed E-state index contributed by atoms with van der Waals surface area (Å²) in [6.45, 7) is 7.88. The summed E-state index contributed by atoms with van der Waals surface area (Å²) in [7, 11) is 0. The van der Waals surface area contributed by atoms with E-state index in [-0.39, 0.29) is 0 Å². The number of aromatic nitrogens is 1. The SMILES string of the molecule is CCCNC(Cc1cncc(Br)c1)C(C)CC. The lowest BCUT2D eigenvalue weighted by atomic mass is 9.93. The molecule has 96 valence electrons. The molecule has 2 unspecified atom stereocenters. The highest BCUT2D eigenvalue weighted by Crippen LogP contribution is 2.16. The molecular weight excluding hydrogens is 276 g/mol. The van der Waals surface area contributed by atoms with Crippen LogP contribution in [0.15, 0.2) is 22.9 Å². The number of hydrogen-bond donors (Lipinski definition) is 1. The molecule has 2 atom stereocenters. The van der Waals surface area contributed by atoms with Gasteiger partial charge in [0, 0.05) is 22.9 Å². The van der Waals surface area contributed by atoms with Crippen LogP contribution in [-0.4, -0.2) is 17.6 Å². The minimum Gasteiger partial charge on any atom is -0.313 e. The molecule has 0 aliphatic carbocycles. The van der Waals surface area contributed by atoms with Crippen molar-refractivity contribution in [1.29, 1.82) is 0 Å². The van der Waals surface area contributed by atoms with Gasteiger partial charge in [-0.1, -0.05) is 27.2 Å². The molecule has 3 heteroatoms. The molecule has 0 aliphatic rings. The first-order chi connectivity index (χ1) is 8.17. The van der Waals surface area contributed by atoms with Gasteiger partial charge in [0.25, 0.3) is 0 Å². The van der Waals surface area contributed by atoms with Crippen molar-refractivity contribution in [3.05, 3.63) is 28.5 Å². The zero-order chi connectivity index (χ0) is 12.7. The molecule has 1 aromatic heterocycles. The average molecular weight is 299 g/mol. The summed E-state index contributed by atoms with van der Waals surface area (Å²) in [5.41, 5.74) is 1.30. The van der Waals surface area contributed by atoms with Crippen LogP contribution in [0.5, 0.6) is 0 Å². The molecule has 1 N–H and O–H groups in total. The Balaban J connectivity index is 2.64. The summed E-state index contributed by atoms with van der Waals surface area (Å²) in [5, 5.41) is 3.64. The Morgan fingerprint density at radius 1 is 1.35 bits per heavy atom. The van der Waals surface area contributed by atoms with E-state index in [0.29, 0.717) is 12.0 Å². The molecule has 1 heterocycles. The molecule has 0 saturated carbocycles. The minimum absolute atomic E-state index is 0.552. The zero-order valence-electron chi connectivity index (χ0n) is 11.0. The maximum absolute atomic E-state index is 4.23. The number of halogens is 1. The monoisotopic (exact) mass is 298 g/mol. The molecule has 0 amide bonds. The first kappa shape index (κ1) is 14.7. The Morgan fingerprint density at radius 3 is 2.71 bits per heavy atom. The molecule has 2 nitrogen and oxygen atoms in total. The molecular formula is C14H23BrN2. The Labute approximate surface area is 113 Å². The highest BCUT2D eigenvalue weighted by Gasteiger charge is 2.15. The van der Waals surface area contributed by atoms with Crippen molar-refractivity contribution in [3.63, 3.8) is 0 Å². The summed E-state index contributed by atoms with van der Waals surface area (Å²) in [6.07, 6.45) is 7.25. The lowest BCUT2D eigenvalue weighted by Crippen LogP contribution is -2.37. The van der Waals surface area contributed by atoms with Gasteiger partial charge in [-0.05, 0) is 52.9 Å². The van der Waals surface area contributed by atoms with Gasteiger partial charge in [-0.25, -0.2) is 0 Å². The van der Waals surface area contributed by atoms with E-state index in [0.717, 1.165) is 17.4 Å². The molecule has 0 bridgehead atoms. The molecule has 0 fully saturated rings. The number of rotatable bonds is 7. The second-order valence-electron chi connectivity index (χ2n) is 4.66. The van der Waals surface area contributed by atoms with E-state index in [4.69, 9.17) is 0 Å². The van der Waals surface area contributed by atoms with Crippen molar-refractivity contribution in [2.45, 2.75) is 46.1 Å². The average Bonchev–Trinajstić information content (AvgIpc) is 2.33. The van der Waals surface area contributed by atoms with Gasteiger partial charge in [-0.2, -0.15) is 0 Å². The fourth-order valence-electron chi connectivity index (χ4n) is 1.91. The normalized spacial score (nSPS) is 14.6. The van der Waals surface area contributed by atoms with Crippen LogP contribution in [0.25, 0.3) is 0 Å². The topological polar surface area (TPSA) is 24.9 Å². The second kappa shape index (κ2) is 7.83. The summed E-state index contributed by atoms with van der Waals surface area (Å²) in [4.78, 5) is 4.23. The Bertz CT molecular complexity index is 328. The van der Waals surface area contributed by atoms with E-state index in [9.17, 15) is 0 Å². The van der Waals surface area contributed by atoms with Gasteiger partial charge in [0.15, 0.2) is 0 Å². The molecule has 1 rings (SSSR count). The maximum atomic E-state index is 4.23. The third-order valence-electron chi connectivity index (χ3n) is 3.20. The minimum atomic E-state index is 0.552. The highest BCUT2D eigenvalue weighted by atomic mass is 79.9. The van der Waals surface area contributed by atoms with Crippen LogP contribution in [0.4, 0.5) is 0 Å². The summed E-state index contributed by atoms with van der Waals surface area (Å²) < 4.78 is 1.06. The third-order valence-corrected chi connectivity index (χ3v) is 3.64. The van der Waals surface area contributed by atoms with E-state index in [2.05, 4.69) is 53.1 Å². The predicted molar refractivity (Wildman–Crippen MR) is 77.2 cm³/mol. The van der Waals surface area contributed by atoms with Gasteiger partial charge >= 0.3 is 0 Å². The van der Waals surface area contributed by atoms with Crippen LogP contribution >= 0.6 is 15.9 Å². The van der Waals surface area contributed by atoms with Gasteiger partial charge < -0.3 is 5.32 Å². The molecule has 1 aromatic rings. The van der Waals surface area contributed by atoms with E-state index < -0.39 is 0 Å². The van der Waals surface area contributed by atoms with Gasteiger partial charge in [0.05, 0.1) is 0 Å². The lowest BCUT2D eigenvalue weighted by Gasteiger charge is -2.24. The molecule has 0 spiro atoms. The van der Waals surface area contributed by atoms with Crippen molar-refractivity contribution < 1.29 is 0 Å². The number of hydrogen-bond acceptors (Lipinski definition) is 2. The van der Waals surface area contributed by atoms with E-state index >= 15 is 0 Å². The second-order valence-corrected chi connectivity index (χ2v) is 5.58. The van der Waals surface area contributed by atoms with E-state index in [1.165, 1.54) is 18.4 Å². The maximum Gasteiger partial charge on any atom is 0.0410 e. The zero-order valence-corrected chi connectivity index (χ0v) is 12.6. The molecule has 0 aromatic carbocycles. The smallest absolute Gasteiger partial charge is 0.0410 e. The molecule has 0 radical (unpaired) electrons. The fourth-order valence-corrected chi connectivity index (χ4v) is 2.32. The fraction of sp³-hybridized carbons (Fsp3) is 0.643. The standard InChI is InChI=1S/C14H23BrN2/c1-4-6-17-14(11(3)5-2)8-12-7-13(15)10-16-9-12/h7,9-11,14,17H,4-6,8H2,1-3H3. The van der Waals surface area contributed by atoms with Crippen molar-refractivity contribution in [1.82, 2.24) is 10.3 Å². The first-order valence-electron chi connectivity index (χ1n) is 6.50. The van der Waals surface area contributed by atoms with Crippen molar-refractivity contribution in [2.24, 2.45) is 5.92 Å². The molecule has 0 aliphatic heterocycles. The quantitative estimate of drug-likeness (QED) is 0.828. The van der Waals surface area contributed by atoms with E-state index in [1.807, 2.05) is 12.4 Å². The summed E-state index contributed by atoms with van der Waals surface area (Å²) in [6, 6.07) is 2.71. The number of nitrogens with zero attached hydrogens (tertiary/aromatic N) is 1. The Morgan fingerprint density at radius 2 is 2.12 bits per heavy atom. The van der Waals surface area contributed by atoms with Crippen LogP contribution in [0, 0.1) is 5.92 Å². The van der Waals surface area contributed by atoms with Crippen LogP contribution in [0.3, 0.4) is 0 Å². The Kier molecular flexibility index (Phi) is 6.75. The van der Waals surface area contributed by atoms with Crippen LogP contribution < -0.4 is 5.32 Å². The first-order valence-corrected chi connectivity index (χ1v) is 7.29. The number of nitrogens with one attached hydrogen (secondary N) is 1. The summed E-state index contributed by atoms with van der Waals surface area (Å²) in [5.74, 6) is 0.695. The summed E-state index contributed by atoms with van der Waals surface area (Å²) >= 11 is 3.48. The van der Waals surface area contributed by atoms with E-state index in [1.54, 1.807) is 0 Å². The third kappa shape index (κ3) is 5.17. The van der Waals surface area contributed by atoms with Gasteiger partial charge in [-0.3, -0.25) is 4.98 Å². The van der Waals surface area contributed by atoms with Gasteiger partial charge in [0.1, 0.15) is 0 Å². The van der Waals surface area contributed by atoms with Crippen LogP contribution in [-0.2, 0) is 6.42 Å². The van der Waals surface area contributed by atoms with Crippen molar-refractivity contribution in [3.8, 4) is 0 Å². The van der Waals surface area contributed by atoms with Crippen LogP contribution in [0.2, 0.25) is 0 Å². The number of pyridine rings is 1. The largest absolute Gasteiger partial charge is 0.313 e. The van der Waals surface area contributed by atoms with Crippen molar-refractivity contribution in [2.75, 3.05) is 6.54 Å². The van der Waals surface area contributed by atoms with Gasteiger partial charge in [-0.15, -0.1) is 0 Å². The molecule has 0 saturated heterocycles. The lowest BCUT2D eigenvalue weighted by molar-refractivity contribution is 0.364. The highest BCUT2D eigenvalue weighted by molar-refractivity contribution is 9.10. The van der Waals surface area contributed by atoms with Gasteiger partial charge in [0.2, 0.25) is 0 Å². The predicted octanol–water partition coefficient (Wildman–Crippen LogP) is 3.80. The molecule has 17 heavy (non-hydrogen) atoms.